The number of anilines is 3. The van der Waals surface area contributed by atoms with Crippen molar-refractivity contribution in [3.05, 3.63) is 120 Å². The Morgan fingerprint density at radius 3 is 2.11 bits per heavy atom. The highest BCUT2D eigenvalue weighted by Gasteiger charge is 2.13. The molecular weight excluding hydrogens is 438 g/mol. The summed E-state index contributed by atoms with van der Waals surface area (Å²) in [5.41, 5.74) is 3.79. The van der Waals surface area contributed by atoms with E-state index in [-0.39, 0.29) is 18.4 Å². The molecule has 2 amide bonds. The van der Waals surface area contributed by atoms with Crippen molar-refractivity contribution in [2.45, 2.75) is 6.61 Å². The highest BCUT2D eigenvalue weighted by atomic mass is 16.5. The smallest absolute Gasteiger partial charge is 0.258 e. The van der Waals surface area contributed by atoms with Crippen molar-refractivity contribution in [3.63, 3.8) is 0 Å². The lowest BCUT2D eigenvalue weighted by Crippen LogP contribution is -2.26. The SMILES string of the molecule is CN(C(=O)c1ccc(NCC(=O)Nc2ccccc2OCc2ccccc2)cc1)c1ccccc1. The van der Waals surface area contributed by atoms with E-state index in [2.05, 4.69) is 10.6 Å². The predicted octanol–water partition coefficient (Wildman–Crippen LogP) is 5.59. The second-order valence-corrected chi connectivity index (χ2v) is 7.95. The largest absolute Gasteiger partial charge is 0.487 e. The number of nitrogens with one attached hydrogen (secondary N) is 2. The molecule has 0 aliphatic heterocycles. The quantitative estimate of drug-likeness (QED) is 0.338. The molecule has 176 valence electrons. The molecule has 0 heterocycles. The van der Waals surface area contributed by atoms with Gasteiger partial charge < -0.3 is 20.3 Å². The van der Waals surface area contributed by atoms with E-state index in [9.17, 15) is 9.59 Å². The van der Waals surface area contributed by atoms with Crippen LogP contribution in [0.15, 0.2) is 109 Å². The maximum Gasteiger partial charge on any atom is 0.258 e. The van der Waals surface area contributed by atoms with Crippen LogP contribution in [0.2, 0.25) is 0 Å². The first-order valence-electron chi connectivity index (χ1n) is 11.3. The van der Waals surface area contributed by atoms with Crippen LogP contribution in [0.3, 0.4) is 0 Å². The molecule has 6 nitrogen and oxygen atoms in total. The van der Waals surface area contributed by atoms with Gasteiger partial charge in [0.05, 0.1) is 12.2 Å². The summed E-state index contributed by atoms with van der Waals surface area (Å²) in [6.45, 7) is 0.487. The molecule has 0 aliphatic carbocycles. The number of hydrogen-bond acceptors (Lipinski definition) is 4. The molecule has 35 heavy (non-hydrogen) atoms. The van der Waals surface area contributed by atoms with Crippen molar-refractivity contribution < 1.29 is 14.3 Å². The summed E-state index contributed by atoms with van der Waals surface area (Å²) >= 11 is 0. The monoisotopic (exact) mass is 465 g/mol. The Kier molecular flexibility index (Phi) is 7.76. The van der Waals surface area contributed by atoms with E-state index >= 15 is 0 Å². The van der Waals surface area contributed by atoms with E-state index in [4.69, 9.17) is 4.74 Å². The molecule has 4 rings (SSSR count). The number of benzene rings is 4. The van der Waals surface area contributed by atoms with Gasteiger partial charge in [-0.3, -0.25) is 9.59 Å². The second kappa shape index (κ2) is 11.5. The molecule has 4 aromatic carbocycles. The van der Waals surface area contributed by atoms with Crippen LogP contribution >= 0.6 is 0 Å². The molecule has 0 bridgehead atoms. The molecule has 0 fully saturated rings. The van der Waals surface area contributed by atoms with E-state index < -0.39 is 0 Å². The zero-order chi connectivity index (χ0) is 24.5. The Morgan fingerprint density at radius 1 is 0.771 bits per heavy atom. The fourth-order valence-electron chi connectivity index (χ4n) is 3.50. The van der Waals surface area contributed by atoms with Gasteiger partial charge >= 0.3 is 0 Å². The molecule has 0 aromatic heterocycles. The number of amides is 2. The van der Waals surface area contributed by atoms with Crippen LogP contribution in [-0.4, -0.2) is 25.4 Å². The fraction of sp³-hybridized carbons (Fsp3) is 0.103. The molecule has 4 aromatic rings. The number of carbonyl (C=O) groups excluding carboxylic acids is 2. The van der Waals surface area contributed by atoms with E-state index in [1.165, 1.54) is 0 Å². The summed E-state index contributed by atoms with van der Waals surface area (Å²) in [7, 11) is 1.75. The van der Waals surface area contributed by atoms with Crippen LogP contribution < -0.4 is 20.3 Å². The van der Waals surface area contributed by atoms with Crippen molar-refractivity contribution in [1.29, 1.82) is 0 Å². The number of rotatable bonds is 9. The normalized spacial score (nSPS) is 10.3. The van der Waals surface area contributed by atoms with Crippen LogP contribution in [0.1, 0.15) is 15.9 Å². The molecule has 2 N–H and O–H groups in total. The van der Waals surface area contributed by atoms with Crippen LogP contribution in [0, 0.1) is 0 Å². The topological polar surface area (TPSA) is 70.7 Å². The summed E-state index contributed by atoms with van der Waals surface area (Å²) in [6.07, 6.45) is 0. The Morgan fingerprint density at radius 2 is 1.40 bits per heavy atom. The molecule has 0 spiro atoms. The van der Waals surface area contributed by atoms with Crippen molar-refractivity contribution in [3.8, 4) is 5.75 Å². The van der Waals surface area contributed by atoms with Gasteiger partial charge in [0, 0.05) is 24.0 Å². The van der Waals surface area contributed by atoms with E-state index in [0.717, 1.165) is 16.9 Å². The fourth-order valence-corrected chi connectivity index (χ4v) is 3.50. The van der Waals surface area contributed by atoms with Crippen molar-refractivity contribution in [2.24, 2.45) is 0 Å². The molecule has 0 saturated carbocycles. The molecule has 0 saturated heterocycles. The number of hydrogen-bond donors (Lipinski definition) is 2. The van der Waals surface area contributed by atoms with Gasteiger partial charge in [-0.05, 0) is 54.1 Å². The molecular formula is C29H27N3O3. The third kappa shape index (κ3) is 6.48. The van der Waals surface area contributed by atoms with Gasteiger partial charge in [-0.2, -0.15) is 0 Å². The van der Waals surface area contributed by atoms with Crippen molar-refractivity contribution in [1.82, 2.24) is 0 Å². The van der Waals surface area contributed by atoms with Gasteiger partial charge in [-0.1, -0.05) is 60.7 Å². The zero-order valence-corrected chi connectivity index (χ0v) is 19.5. The van der Waals surface area contributed by atoms with Crippen molar-refractivity contribution in [2.75, 3.05) is 29.1 Å². The first-order valence-corrected chi connectivity index (χ1v) is 11.3. The number of nitrogens with zero attached hydrogens (tertiary/aromatic N) is 1. The minimum atomic E-state index is -0.204. The number of ether oxygens (including phenoxy) is 1. The van der Waals surface area contributed by atoms with Gasteiger partial charge in [-0.15, -0.1) is 0 Å². The maximum absolute atomic E-state index is 12.7. The summed E-state index contributed by atoms with van der Waals surface area (Å²) in [6, 6.07) is 33.7. The average molecular weight is 466 g/mol. The van der Waals surface area contributed by atoms with Crippen molar-refractivity contribution >= 4 is 28.9 Å². The highest BCUT2D eigenvalue weighted by Crippen LogP contribution is 2.25. The second-order valence-electron chi connectivity index (χ2n) is 7.95. The Bertz CT molecular complexity index is 1260. The molecule has 6 heteroatoms. The van der Waals surface area contributed by atoms with Gasteiger partial charge in [-0.25, -0.2) is 0 Å². The lowest BCUT2D eigenvalue weighted by molar-refractivity contribution is -0.114. The third-order valence-corrected chi connectivity index (χ3v) is 5.43. The summed E-state index contributed by atoms with van der Waals surface area (Å²) in [4.78, 5) is 26.9. The van der Waals surface area contributed by atoms with E-state index in [1.807, 2.05) is 84.9 Å². The summed E-state index contributed by atoms with van der Waals surface area (Å²) in [5.74, 6) is 0.299. The van der Waals surface area contributed by atoms with Gasteiger partial charge in [0.1, 0.15) is 12.4 Å². The molecule has 0 atom stereocenters. The predicted molar refractivity (Wildman–Crippen MR) is 140 cm³/mol. The van der Waals surface area contributed by atoms with Crippen LogP contribution in [0.5, 0.6) is 5.75 Å². The first-order chi connectivity index (χ1) is 17.1. The van der Waals surface area contributed by atoms with Crippen LogP contribution in [-0.2, 0) is 11.4 Å². The van der Waals surface area contributed by atoms with Gasteiger partial charge in [0.2, 0.25) is 5.91 Å². The van der Waals surface area contributed by atoms with Crippen LogP contribution in [0.25, 0.3) is 0 Å². The zero-order valence-electron chi connectivity index (χ0n) is 19.5. The summed E-state index contributed by atoms with van der Waals surface area (Å²) < 4.78 is 5.90. The Labute approximate surface area is 205 Å². The standard InChI is InChI=1S/C29H27N3O3/c1-32(25-12-6-3-7-13-25)29(34)23-16-18-24(19-17-23)30-20-28(33)31-26-14-8-9-15-27(26)35-21-22-10-4-2-5-11-22/h2-19,30H,20-21H2,1H3,(H,31,33). The lowest BCUT2D eigenvalue weighted by Gasteiger charge is -2.17. The van der Waals surface area contributed by atoms with Crippen LogP contribution in [0.4, 0.5) is 17.1 Å². The number of carbonyl (C=O) groups is 2. The average Bonchev–Trinajstić information content (AvgIpc) is 2.92. The first kappa shape index (κ1) is 23.6. The minimum Gasteiger partial charge on any atom is -0.487 e. The highest BCUT2D eigenvalue weighted by molar-refractivity contribution is 6.05. The number of para-hydroxylation sites is 3. The molecule has 0 radical (unpaired) electrons. The Hall–Kier alpha value is -4.58. The molecule has 0 unspecified atom stereocenters. The van der Waals surface area contributed by atoms with E-state index in [1.54, 1.807) is 36.2 Å². The minimum absolute atomic E-state index is 0.0736. The maximum atomic E-state index is 12.7. The van der Waals surface area contributed by atoms with Gasteiger partial charge in [0.15, 0.2) is 0 Å². The van der Waals surface area contributed by atoms with Gasteiger partial charge in [0.25, 0.3) is 5.91 Å². The molecule has 0 aliphatic rings. The Balaban J connectivity index is 1.30. The van der Waals surface area contributed by atoms with E-state index in [0.29, 0.717) is 23.6 Å². The lowest BCUT2D eigenvalue weighted by atomic mass is 10.1. The third-order valence-electron chi connectivity index (χ3n) is 5.43. The summed E-state index contributed by atoms with van der Waals surface area (Å²) in [5, 5.41) is 5.98.